The van der Waals surface area contributed by atoms with Gasteiger partial charge in [-0.2, -0.15) is 13.5 Å². The van der Waals surface area contributed by atoms with Gasteiger partial charge in [0.15, 0.2) is 0 Å². The van der Waals surface area contributed by atoms with Crippen molar-refractivity contribution < 1.29 is 0 Å². The Morgan fingerprint density at radius 1 is 1.11 bits per heavy atom. The molecule has 9 heavy (non-hydrogen) atoms. The Hall–Kier alpha value is -0.470. The van der Waals surface area contributed by atoms with Gasteiger partial charge in [0.05, 0.1) is 0 Å². The van der Waals surface area contributed by atoms with Crippen LogP contribution in [0.25, 0.3) is 0 Å². The molecule has 0 unspecified atom stereocenters. The lowest BCUT2D eigenvalue weighted by Gasteiger charge is -1.90. The molecule has 1 nitrogen and oxygen atoms in total. The van der Waals surface area contributed by atoms with Crippen molar-refractivity contribution in [3.63, 3.8) is 0 Å². The van der Waals surface area contributed by atoms with E-state index in [0.717, 1.165) is 0 Å². The molecule has 1 aromatic rings. The second-order valence-corrected chi connectivity index (χ2v) is 1.69. The predicted octanol–water partition coefficient (Wildman–Crippen LogP) is 1.26. The Morgan fingerprint density at radius 3 is 2.00 bits per heavy atom. The summed E-state index contributed by atoms with van der Waals surface area (Å²) in [6, 6.07) is 9.99. The maximum atomic E-state index is 5.35. The molecule has 0 aliphatic carbocycles. The summed E-state index contributed by atoms with van der Waals surface area (Å²) >= 11 is 0. The first-order valence-corrected chi connectivity index (χ1v) is 2.67. The van der Waals surface area contributed by atoms with Gasteiger partial charge in [-0.05, 0) is 5.56 Å². The Morgan fingerprint density at radius 2 is 1.67 bits per heavy atom. The van der Waals surface area contributed by atoms with Gasteiger partial charge in [0.2, 0.25) is 0 Å². The minimum Gasteiger partial charge on any atom is -0.326 e. The van der Waals surface area contributed by atoms with Crippen molar-refractivity contribution in [2.75, 3.05) is 0 Å². The van der Waals surface area contributed by atoms with E-state index in [1.54, 1.807) is 0 Å². The lowest BCUT2D eigenvalue weighted by molar-refractivity contribution is 1.07. The van der Waals surface area contributed by atoms with Crippen molar-refractivity contribution >= 4 is 13.5 Å². The number of hydrogen-bond acceptors (Lipinski definition) is 1. The third kappa shape index (κ3) is 2.54. The highest BCUT2D eigenvalue weighted by Gasteiger charge is 1.80. The van der Waals surface area contributed by atoms with E-state index in [0.29, 0.717) is 6.54 Å². The molecule has 2 heteroatoms. The third-order valence-electron chi connectivity index (χ3n) is 1.08. The minimum absolute atomic E-state index is 0. The Balaban J connectivity index is 0.000000640. The van der Waals surface area contributed by atoms with Gasteiger partial charge in [-0.15, -0.1) is 0 Å². The number of rotatable bonds is 1. The van der Waals surface area contributed by atoms with Gasteiger partial charge in [-0.3, -0.25) is 0 Å². The summed E-state index contributed by atoms with van der Waals surface area (Å²) in [7, 11) is 0. The highest BCUT2D eigenvalue weighted by atomic mass is 32.1. The normalized spacial score (nSPS) is 8.11. The van der Waals surface area contributed by atoms with Crippen LogP contribution in [0.5, 0.6) is 0 Å². The standard InChI is InChI=1S/C7H9N.H2S/c8-6-7-4-2-1-3-5-7;/h1-5H,6,8H2;1H2. The van der Waals surface area contributed by atoms with Gasteiger partial charge in [0.1, 0.15) is 0 Å². The first-order valence-electron chi connectivity index (χ1n) is 2.67. The van der Waals surface area contributed by atoms with E-state index in [-0.39, 0.29) is 13.5 Å². The first kappa shape index (κ1) is 8.53. The van der Waals surface area contributed by atoms with Crippen LogP contribution < -0.4 is 5.73 Å². The molecular formula is C7H11NS. The molecule has 1 aromatic carbocycles. The number of hydrogen-bond donors (Lipinski definition) is 1. The molecule has 0 saturated carbocycles. The zero-order chi connectivity index (χ0) is 5.82. The molecule has 0 fully saturated rings. The van der Waals surface area contributed by atoms with E-state index in [4.69, 9.17) is 5.73 Å². The highest BCUT2D eigenvalue weighted by molar-refractivity contribution is 7.59. The topological polar surface area (TPSA) is 26.0 Å². The van der Waals surface area contributed by atoms with Crippen LogP contribution in [0.2, 0.25) is 0 Å². The fraction of sp³-hybridized carbons (Fsp3) is 0.143. The van der Waals surface area contributed by atoms with Crippen molar-refractivity contribution in [1.29, 1.82) is 0 Å². The molecule has 0 saturated heterocycles. The molecule has 0 aliphatic rings. The molecule has 0 spiro atoms. The third-order valence-corrected chi connectivity index (χ3v) is 1.08. The van der Waals surface area contributed by atoms with Crippen molar-refractivity contribution in [2.45, 2.75) is 6.54 Å². The Labute approximate surface area is 62.3 Å². The van der Waals surface area contributed by atoms with Crippen molar-refractivity contribution in [2.24, 2.45) is 5.73 Å². The molecule has 50 valence electrons. The second kappa shape index (κ2) is 4.41. The van der Waals surface area contributed by atoms with Crippen molar-refractivity contribution in [3.05, 3.63) is 35.9 Å². The van der Waals surface area contributed by atoms with Crippen LogP contribution in [0, 0.1) is 0 Å². The average Bonchev–Trinajstić information content (AvgIpc) is 1.90. The van der Waals surface area contributed by atoms with Crippen LogP contribution in [-0.4, -0.2) is 0 Å². The van der Waals surface area contributed by atoms with E-state index < -0.39 is 0 Å². The van der Waals surface area contributed by atoms with E-state index in [9.17, 15) is 0 Å². The molecule has 0 aromatic heterocycles. The minimum atomic E-state index is 0. The fourth-order valence-corrected chi connectivity index (χ4v) is 0.614. The second-order valence-electron chi connectivity index (χ2n) is 1.69. The van der Waals surface area contributed by atoms with Gasteiger partial charge in [-0.25, -0.2) is 0 Å². The number of benzene rings is 1. The molecule has 0 heterocycles. The van der Waals surface area contributed by atoms with Crippen LogP contribution in [0.3, 0.4) is 0 Å². The zero-order valence-corrected chi connectivity index (χ0v) is 6.17. The van der Waals surface area contributed by atoms with Crippen molar-refractivity contribution in [1.82, 2.24) is 0 Å². The van der Waals surface area contributed by atoms with Crippen molar-refractivity contribution in [3.8, 4) is 0 Å². The van der Waals surface area contributed by atoms with E-state index in [2.05, 4.69) is 0 Å². The molecule has 0 bridgehead atoms. The summed E-state index contributed by atoms with van der Waals surface area (Å²) in [5, 5.41) is 0. The largest absolute Gasteiger partial charge is 0.326 e. The summed E-state index contributed by atoms with van der Waals surface area (Å²) in [6.07, 6.45) is 0. The lowest BCUT2D eigenvalue weighted by atomic mass is 10.2. The molecule has 2 N–H and O–H groups in total. The van der Waals surface area contributed by atoms with Crippen LogP contribution >= 0.6 is 13.5 Å². The smallest absolute Gasteiger partial charge is 0.0178 e. The van der Waals surface area contributed by atoms with Gasteiger partial charge >= 0.3 is 0 Å². The maximum Gasteiger partial charge on any atom is 0.0178 e. The van der Waals surface area contributed by atoms with Crippen LogP contribution in [0.1, 0.15) is 5.56 Å². The summed E-state index contributed by atoms with van der Waals surface area (Å²) in [4.78, 5) is 0. The fourth-order valence-electron chi connectivity index (χ4n) is 0.614. The number of nitrogens with two attached hydrogens (primary N) is 1. The average molecular weight is 141 g/mol. The molecule has 0 atom stereocenters. The molecule has 1 rings (SSSR count). The van der Waals surface area contributed by atoms with Crippen LogP contribution in [0.15, 0.2) is 30.3 Å². The zero-order valence-electron chi connectivity index (χ0n) is 5.17. The highest BCUT2D eigenvalue weighted by Crippen LogP contribution is 1.94. The quantitative estimate of drug-likeness (QED) is 0.626. The van der Waals surface area contributed by atoms with Gasteiger partial charge in [0, 0.05) is 6.54 Å². The van der Waals surface area contributed by atoms with Crippen LogP contribution in [-0.2, 0) is 6.54 Å². The monoisotopic (exact) mass is 141 g/mol. The lowest BCUT2D eigenvalue weighted by Crippen LogP contribution is -1.94. The molecular weight excluding hydrogens is 130 g/mol. The summed E-state index contributed by atoms with van der Waals surface area (Å²) in [6.45, 7) is 0.640. The maximum absolute atomic E-state index is 5.35. The summed E-state index contributed by atoms with van der Waals surface area (Å²) < 4.78 is 0. The van der Waals surface area contributed by atoms with E-state index in [1.807, 2.05) is 30.3 Å². The van der Waals surface area contributed by atoms with E-state index in [1.165, 1.54) is 5.56 Å². The molecule has 0 amide bonds. The van der Waals surface area contributed by atoms with Gasteiger partial charge in [-0.1, -0.05) is 30.3 Å². The van der Waals surface area contributed by atoms with Gasteiger partial charge < -0.3 is 5.73 Å². The predicted molar refractivity (Wildman–Crippen MR) is 44.7 cm³/mol. The van der Waals surface area contributed by atoms with E-state index >= 15 is 0 Å². The van der Waals surface area contributed by atoms with Gasteiger partial charge in [0.25, 0.3) is 0 Å². The molecule has 0 aliphatic heterocycles. The Kier molecular flexibility index (Phi) is 4.18. The van der Waals surface area contributed by atoms with Crippen LogP contribution in [0.4, 0.5) is 0 Å². The first-order chi connectivity index (χ1) is 3.93. The Bertz CT molecular complexity index is 150. The summed E-state index contributed by atoms with van der Waals surface area (Å²) in [5.41, 5.74) is 6.54. The molecule has 0 radical (unpaired) electrons. The SMILES string of the molecule is NCc1ccccc1.S. The summed E-state index contributed by atoms with van der Waals surface area (Å²) in [5.74, 6) is 0.